The molecule has 0 saturated carbocycles. The lowest BCUT2D eigenvalue weighted by molar-refractivity contribution is -0.128. The van der Waals surface area contributed by atoms with Gasteiger partial charge in [-0.15, -0.1) is 0 Å². The van der Waals surface area contributed by atoms with E-state index in [1.54, 1.807) is 0 Å². The Morgan fingerprint density at radius 3 is 2.31 bits per heavy atom. The molecule has 1 amide bonds. The van der Waals surface area contributed by atoms with Crippen molar-refractivity contribution < 1.29 is 9.59 Å². The highest BCUT2D eigenvalue weighted by atomic mass is 16.1. The van der Waals surface area contributed by atoms with Gasteiger partial charge in [0.05, 0.1) is 0 Å². The van der Waals surface area contributed by atoms with Crippen LogP contribution in [0.15, 0.2) is 12.7 Å². The summed E-state index contributed by atoms with van der Waals surface area (Å²) in [5.41, 5.74) is -0.192. The average molecular weight is 225 g/mol. The number of amides is 1. The number of hydrogen-bond acceptors (Lipinski definition) is 2. The Kier molecular flexibility index (Phi) is 6.70. The van der Waals surface area contributed by atoms with E-state index < -0.39 is 0 Å². The van der Waals surface area contributed by atoms with Gasteiger partial charge in [-0.25, -0.2) is 0 Å². The molecule has 0 aromatic heterocycles. The van der Waals surface area contributed by atoms with Crippen LogP contribution in [-0.2, 0) is 9.59 Å². The first-order valence-electron chi connectivity index (χ1n) is 5.93. The van der Waals surface area contributed by atoms with Gasteiger partial charge in [-0.3, -0.25) is 9.59 Å². The summed E-state index contributed by atoms with van der Waals surface area (Å²) in [6.45, 7) is 10.00. The molecule has 0 aliphatic heterocycles. The lowest BCUT2D eigenvalue weighted by Gasteiger charge is -2.24. The highest BCUT2D eigenvalue weighted by Gasteiger charge is 2.27. The predicted octanol–water partition coefficient (Wildman–Crippen LogP) is 2.46. The Morgan fingerprint density at radius 2 is 1.88 bits per heavy atom. The second-order valence-corrected chi connectivity index (χ2v) is 4.29. The first-order valence-corrected chi connectivity index (χ1v) is 5.93. The van der Waals surface area contributed by atoms with Crippen molar-refractivity contribution in [1.82, 2.24) is 5.32 Å². The van der Waals surface area contributed by atoms with Gasteiger partial charge in [0.15, 0.2) is 0 Å². The maximum Gasteiger partial charge on any atom is 0.243 e. The van der Waals surface area contributed by atoms with Gasteiger partial charge in [0.1, 0.15) is 5.78 Å². The van der Waals surface area contributed by atoms with Crippen LogP contribution in [0.3, 0.4) is 0 Å². The summed E-state index contributed by atoms with van der Waals surface area (Å²) in [5, 5.41) is 2.67. The Morgan fingerprint density at radius 1 is 1.31 bits per heavy atom. The van der Waals surface area contributed by atoms with E-state index in [4.69, 9.17) is 0 Å². The molecule has 3 nitrogen and oxygen atoms in total. The standard InChI is InChI=1S/C13H23NO2/c1-5-12(16)14-10-8-9-11(15)13(4,6-2)7-3/h5H,1,6-10H2,2-4H3,(H,14,16). The molecule has 0 radical (unpaired) electrons. The normalized spacial score (nSPS) is 10.9. The third-order valence-corrected chi connectivity index (χ3v) is 3.30. The predicted molar refractivity (Wildman–Crippen MR) is 66.1 cm³/mol. The van der Waals surface area contributed by atoms with E-state index in [9.17, 15) is 9.59 Å². The van der Waals surface area contributed by atoms with Gasteiger partial charge in [0.25, 0.3) is 0 Å². The lowest BCUT2D eigenvalue weighted by atomic mass is 9.79. The topological polar surface area (TPSA) is 46.2 Å². The van der Waals surface area contributed by atoms with Crippen molar-refractivity contribution in [1.29, 1.82) is 0 Å². The van der Waals surface area contributed by atoms with Crippen LogP contribution in [0.25, 0.3) is 0 Å². The molecular formula is C13H23NO2. The van der Waals surface area contributed by atoms with Gasteiger partial charge in [0, 0.05) is 18.4 Å². The molecule has 0 heterocycles. The van der Waals surface area contributed by atoms with Crippen LogP contribution < -0.4 is 5.32 Å². The van der Waals surface area contributed by atoms with Crippen LogP contribution >= 0.6 is 0 Å². The number of carbonyl (C=O) groups is 2. The highest BCUT2D eigenvalue weighted by molar-refractivity contribution is 5.87. The molecule has 0 aromatic rings. The molecule has 3 heteroatoms. The van der Waals surface area contributed by atoms with Gasteiger partial charge in [-0.1, -0.05) is 27.4 Å². The minimum atomic E-state index is -0.192. The van der Waals surface area contributed by atoms with Crippen LogP contribution in [0, 0.1) is 5.41 Å². The second-order valence-electron chi connectivity index (χ2n) is 4.29. The Bertz CT molecular complexity index is 255. The smallest absolute Gasteiger partial charge is 0.243 e. The number of Topliss-reactive ketones (excluding diaryl/α,β-unsaturated/α-hetero) is 1. The molecular weight excluding hydrogens is 202 g/mol. The molecule has 0 atom stereocenters. The average Bonchev–Trinajstić information content (AvgIpc) is 2.32. The zero-order valence-corrected chi connectivity index (χ0v) is 10.6. The lowest BCUT2D eigenvalue weighted by Crippen LogP contribution is -2.28. The van der Waals surface area contributed by atoms with Crippen LogP contribution in [0.4, 0.5) is 0 Å². The van der Waals surface area contributed by atoms with Crippen LogP contribution in [0.2, 0.25) is 0 Å². The molecule has 0 fully saturated rings. The van der Waals surface area contributed by atoms with Crippen molar-refractivity contribution in [2.45, 2.75) is 46.5 Å². The van der Waals surface area contributed by atoms with Crippen molar-refractivity contribution in [2.75, 3.05) is 6.54 Å². The molecule has 0 aliphatic rings. The second kappa shape index (κ2) is 7.20. The Hall–Kier alpha value is -1.12. The molecule has 0 aliphatic carbocycles. The fraction of sp³-hybridized carbons (Fsp3) is 0.692. The van der Waals surface area contributed by atoms with E-state index >= 15 is 0 Å². The third kappa shape index (κ3) is 4.60. The van der Waals surface area contributed by atoms with Gasteiger partial charge in [-0.05, 0) is 25.3 Å². The molecule has 0 unspecified atom stereocenters. The molecule has 0 spiro atoms. The monoisotopic (exact) mass is 225 g/mol. The molecule has 1 N–H and O–H groups in total. The number of rotatable bonds is 8. The molecule has 0 bridgehead atoms. The highest BCUT2D eigenvalue weighted by Crippen LogP contribution is 2.28. The van der Waals surface area contributed by atoms with E-state index in [1.165, 1.54) is 6.08 Å². The summed E-state index contributed by atoms with van der Waals surface area (Å²) in [7, 11) is 0. The van der Waals surface area contributed by atoms with E-state index in [-0.39, 0.29) is 11.3 Å². The largest absolute Gasteiger partial charge is 0.353 e. The fourth-order valence-electron chi connectivity index (χ4n) is 1.48. The zero-order valence-electron chi connectivity index (χ0n) is 10.6. The van der Waals surface area contributed by atoms with E-state index in [0.29, 0.717) is 25.2 Å². The molecule has 0 rings (SSSR count). The van der Waals surface area contributed by atoms with E-state index in [1.807, 2.05) is 20.8 Å². The van der Waals surface area contributed by atoms with Crippen molar-refractivity contribution in [3.63, 3.8) is 0 Å². The van der Waals surface area contributed by atoms with Crippen LogP contribution in [-0.4, -0.2) is 18.2 Å². The van der Waals surface area contributed by atoms with Crippen LogP contribution in [0.1, 0.15) is 46.5 Å². The minimum Gasteiger partial charge on any atom is -0.353 e. The van der Waals surface area contributed by atoms with Gasteiger partial charge in [-0.2, -0.15) is 0 Å². The molecule has 0 aromatic carbocycles. The quantitative estimate of drug-likeness (QED) is 0.509. The molecule has 0 saturated heterocycles. The number of ketones is 1. The van der Waals surface area contributed by atoms with E-state index in [0.717, 1.165) is 12.8 Å². The van der Waals surface area contributed by atoms with Gasteiger partial charge in [0.2, 0.25) is 5.91 Å². The number of nitrogens with one attached hydrogen (secondary N) is 1. The van der Waals surface area contributed by atoms with Crippen molar-refractivity contribution in [2.24, 2.45) is 5.41 Å². The van der Waals surface area contributed by atoms with Crippen molar-refractivity contribution in [3.8, 4) is 0 Å². The maximum absolute atomic E-state index is 11.9. The third-order valence-electron chi connectivity index (χ3n) is 3.30. The SMILES string of the molecule is C=CC(=O)NCCCC(=O)C(C)(CC)CC. The zero-order chi connectivity index (χ0) is 12.6. The van der Waals surface area contributed by atoms with Crippen LogP contribution in [0.5, 0.6) is 0 Å². The van der Waals surface area contributed by atoms with E-state index in [2.05, 4.69) is 11.9 Å². The Labute approximate surface area is 98.3 Å². The summed E-state index contributed by atoms with van der Waals surface area (Å²) < 4.78 is 0. The van der Waals surface area contributed by atoms with Gasteiger partial charge >= 0.3 is 0 Å². The first kappa shape index (κ1) is 14.9. The summed E-state index contributed by atoms with van der Waals surface area (Å²) in [6, 6.07) is 0. The van der Waals surface area contributed by atoms with Gasteiger partial charge < -0.3 is 5.32 Å². The Balaban J connectivity index is 3.89. The van der Waals surface area contributed by atoms with Crippen molar-refractivity contribution in [3.05, 3.63) is 12.7 Å². The summed E-state index contributed by atoms with van der Waals surface area (Å²) in [6.07, 6.45) is 4.23. The summed E-state index contributed by atoms with van der Waals surface area (Å²) in [4.78, 5) is 22.8. The molecule has 92 valence electrons. The summed E-state index contributed by atoms with van der Waals surface area (Å²) >= 11 is 0. The van der Waals surface area contributed by atoms with Crippen molar-refractivity contribution >= 4 is 11.7 Å². The minimum absolute atomic E-state index is 0.179. The first-order chi connectivity index (χ1) is 7.50. The maximum atomic E-state index is 11.9. The fourth-order valence-corrected chi connectivity index (χ4v) is 1.48. The molecule has 16 heavy (non-hydrogen) atoms. The number of hydrogen-bond donors (Lipinski definition) is 1. The number of carbonyl (C=O) groups excluding carboxylic acids is 2. The summed E-state index contributed by atoms with van der Waals surface area (Å²) in [5.74, 6) is 0.117.